The zero-order valence-corrected chi connectivity index (χ0v) is 35.8. The Kier molecular flexibility index (Phi) is 40.4. The van der Waals surface area contributed by atoms with Crippen LogP contribution in [0.5, 0.6) is 0 Å². The largest absolute Gasteiger partial charge is 0.462 e. The van der Waals surface area contributed by atoms with Crippen LogP contribution >= 0.6 is 0 Å². The van der Waals surface area contributed by atoms with Gasteiger partial charge in [0.1, 0.15) is 6.10 Å². The van der Waals surface area contributed by atoms with Gasteiger partial charge in [-0.2, -0.15) is 0 Å². The van der Waals surface area contributed by atoms with E-state index in [-0.39, 0.29) is 24.9 Å². The van der Waals surface area contributed by atoms with Crippen LogP contribution in [0, 0.1) is 0 Å². The second kappa shape index (κ2) is 42.4. The lowest BCUT2D eigenvalue weighted by molar-refractivity contribution is -0.151. The fraction of sp³-hybridized carbons (Fsp3) is 0.714. The lowest BCUT2D eigenvalue weighted by Gasteiger charge is -2.24. The first-order valence-corrected chi connectivity index (χ1v) is 22.7. The predicted molar refractivity (Wildman–Crippen MR) is 236 cm³/mol. The maximum Gasteiger partial charge on any atom is 0.306 e. The average molecular weight is 768 g/mol. The molecule has 0 aliphatic heterocycles. The number of unbranched alkanes of at least 4 members (excludes halogenated alkanes) is 17. The highest BCUT2D eigenvalue weighted by Crippen LogP contribution is 2.17. The Morgan fingerprint density at radius 1 is 0.564 bits per heavy atom. The number of carbonyl (C=O) groups excluding carboxylic acids is 2. The van der Waals surface area contributed by atoms with E-state index in [2.05, 4.69) is 99.0 Å². The van der Waals surface area contributed by atoms with Crippen LogP contribution in [-0.2, 0) is 14.3 Å². The van der Waals surface area contributed by atoms with Crippen molar-refractivity contribution >= 4 is 11.9 Å². The molecule has 0 saturated carbocycles. The molecule has 0 aliphatic carbocycles. The minimum absolute atomic E-state index is 0.0513. The number of ether oxygens (including phenoxy) is 1. The third-order valence-electron chi connectivity index (χ3n) is 9.84. The summed E-state index contributed by atoms with van der Waals surface area (Å²) in [6, 6.07) is -0.713. The summed E-state index contributed by atoms with van der Waals surface area (Å²) >= 11 is 0. The molecule has 55 heavy (non-hydrogen) atoms. The van der Waals surface area contributed by atoms with E-state index in [1.165, 1.54) is 38.5 Å². The van der Waals surface area contributed by atoms with E-state index >= 15 is 0 Å². The number of nitrogens with one attached hydrogen (secondary N) is 1. The van der Waals surface area contributed by atoms with Gasteiger partial charge in [-0.25, -0.2) is 0 Å². The molecule has 0 spiro atoms. The fourth-order valence-electron chi connectivity index (χ4n) is 6.44. The molecule has 0 saturated heterocycles. The fourth-order valence-corrected chi connectivity index (χ4v) is 6.44. The molecule has 0 aromatic carbocycles. The zero-order valence-electron chi connectivity index (χ0n) is 35.8. The molecular formula is C49H85NO5. The Bertz CT molecular complexity index is 1040. The van der Waals surface area contributed by atoms with Crippen LogP contribution in [0.3, 0.4) is 0 Å². The molecule has 0 bridgehead atoms. The van der Waals surface area contributed by atoms with Gasteiger partial charge in [0.05, 0.1) is 25.2 Å². The van der Waals surface area contributed by atoms with Crippen molar-refractivity contribution in [3.63, 3.8) is 0 Å². The number of hydrogen-bond donors (Lipinski definition) is 3. The third kappa shape index (κ3) is 38.0. The molecule has 3 N–H and O–H groups in total. The molecular weight excluding hydrogens is 683 g/mol. The minimum Gasteiger partial charge on any atom is -0.462 e. The van der Waals surface area contributed by atoms with Crippen LogP contribution in [0.1, 0.15) is 201 Å². The molecule has 0 aromatic heterocycles. The Balaban J connectivity index is 4.69. The number of carbonyl (C=O) groups is 2. The minimum atomic E-state index is -0.798. The number of aliphatic hydroxyl groups is 2. The van der Waals surface area contributed by atoms with Gasteiger partial charge in [-0.15, -0.1) is 0 Å². The molecule has 0 rings (SSSR count). The summed E-state index contributed by atoms with van der Waals surface area (Å²) in [5, 5.41) is 23.6. The molecule has 316 valence electrons. The van der Waals surface area contributed by atoms with Gasteiger partial charge in [-0.1, -0.05) is 184 Å². The average Bonchev–Trinajstić information content (AvgIpc) is 3.18. The molecule has 0 aliphatic rings. The maximum atomic E-state index is 13.1. The van der Waals surface area contributed by atoms with E-state index in [0.29, 0.717) is 19.3 Å². The van der Waals surface area contributed by atoms with Gasteiger partial charge in [0.25, 0.3) is 0 Å². The van der Waals surface area contributed by atoms with E-state index in [1.807, 2.05) is 0 Å². The number of aliphatic hydroxyl groups excluding tert-OH is 2. The Hall–Kier alpha value is -2.70. The van der Waals surface area contributed by atoms with Crippen LogP contribution in [0.4, 0.5) is 0 Å². The molecule has 0 heterocycles. The molecule has 1 amide bonds. The molecule has 3 atom stereocenters. The van der Waals surface area contributed by atoms with Crippen molar-refractivity contribution in [2.75, 3.05) is 6.61 Å². The van der Waals surface area contributed by atoms with Crippen LogP contribution in [0.15, 0.2) is 72.9 Å². The zero-order chi connectivity index (χ0) is 40.3. The molecule has 0 radical (unpaired) electrons. The quantitative estimate of drug-likeness (QED) is 0.0250. The van der Waals surface area contributed by atoms with Gasteiger partial charge < -0.3 is 20.3 Å². The number of rotatable bonds is 39. The van der Waals surface area contributed by atoms with Gasteiger partial charge in [0, 0.05) is 6.42 Å². The normalized spacial score (nSPS) is 14.1. The lowest BCUT2D eigenvalue weighted by atomic mass is 10.0. The van der Waals surface area contributed by atoms with Gasteiger partial charge in [-0.05, 0) is 77.0 Å². The summed E-state index contributed by atoms with van der Waals surface area (Å²) in [6.45, 7) is 6.19. The van der Waals surface area contributed by atoms with E-state index in [4.69, 9.17) is 4.74 Å². The van der Waals surface area contributed by atoms with Crippen molar-refractivity contribution in [1.29, 1.82) is 0 Å². The van der Waals surface area contributed by atoms with Crippen molar-refractivity contribution in [2.24, 2.45) is 0 Å². The number of esters is 1. The maximum absolute atomic E-state index is 13.1. The van der Waals surface area contributed by atoms with Gasteiger partial charge in [-0.3, -0.25) is 9.59 Å². The van der Waals surface area contributed by atoms with Crippen LogP contribution in [-0.4, -0.2) is 46.9 Å². The summed E-state index contributed by atoms with van der Waals surface area (Å²) in [5.41, 5.74) is 0. The van der Waals surface area contributed by atoms with Crippen LogP contribution in [0.25, 0.3) is 0 Å². The van der Waals surface area contributed by atoms with Crippen molar-refractivity contribution in [3.8, 4) is 0 Å². The SMILES string of the molecule is CC/C=C/C=C/C=C/CCCCCCCC(CC(=O)NC(CO)C(O)CCCCCCCCCCC)OC(=O)CCCCCC/C=C/C/C=C/C/C=C/CC. The smallest absolute Gasteiger partial charge is 0.306 e. The Morgan fingerprint density at radius 3 is 1.69 bits per heavy atom. The second-order valence-corrected chi connectivity index (χ2v) is 15.1. The Labute approximate surface area is 339 Å². The topological polar surface area (TPSA) is 95.9 Å². The third-order valence-corrected chi connectivity index (χ3v) is 9.84. The van der Waals surface area contributed by atoms with Crippen molar-refractivity contribution in [1.82, 2.24) is 5.32 Å². The number of allylic oxidation sites excluding steroid dienone is 12. The van der Waals surface area contributed by atoms with Gasteiger partial charge in [0.15, 0.2) is 0 Å². The van der Waals surface area contributed by atoms with E-state index in [9.17, 15) is 19.8 Å². The summed E-state index contributed by atoms with van der Waals surface area (Å²) in [4.78, 5) is 26.0. The summed E-state index contributed by atoms with van der Waals surface area (Å²) in [7, 11) is 0. The summed E-state index contributed by atoms with van der Waals surface area (Å²) in [5.74, 6) is -0.528. The van der Waals surface area contributed by atoms with Gasteiger partial charge >= 0.3 is 5.97 Å². The molecule has 6 heteroatoms. The monoisotopic (exact) mass is 768 g/mol. The van der Waals surface area contributed by atoms with Crippen molar-refractivity contribution in [3.05, 3.63) is 72.9 Å². The highest BCUT2D eigenvalue weighted by Gasteiger charge is 2.24. The van der Waals surface area contributed by atoms with Crippen molar-refractivity contribution in [2.45, 2.75) is 219 Å². The summed E-state index contributed by atoms with van der Waals surface area (Å²) in [6.07, 6.45) is 52.5. The Morgan fingerprint density at radius 2 is 1.07 bits per heavy atom. The van der Waals surface area contributed by atoms with Crippen molar-refractivity contribution < 1.29 is 24.5 Å². The highest BCUT2D eigenvalue weighted by molar-refractivity contribution is 5.77. The van der Waals surface area contributed by atoms with E-state index in [1.54, 1.807) is 0 Å². The van der Waals surface area contributed by atoms with Gasteiger partial charge in [0.2, 0.25) is 5.91 Å². The standard InChI is InChI=1S/C49H85NO5/c1-4-7-10-13-16-19-21-23-25-27-30-33-36-39-42-49(54)55-45(40-37-34-31-29-26-24-22-20-17-14-11-8-5-2)43-48(53)50-46(44-51)47(52)41-38-35-32-28-18-15-12-9-6-3/h7-8,10-11,14,16-17,19-20,22-23,25,45-47,51-52H,4-6,9,12-13,15,18,21,24,26-44H2,1-3H3,(H,50,53)/b10-7+,11-8+,17-14+,19-16+,22-20+,25-23+. The molecule has 6 nitrogen and oxygen atoms in total. The first-order valence-electron chi connectivity index (χ1n) is 22.7. The first kappa shape index (κ1) is 52.3. The summed E-state index contributed by atoms with van der Waals surface area (Å²) < 4.78 is 5.88. The molecule has 0 aromatic rings. The van der Waals surface area contributed by atoms with Crippen LogP contribution < -0.4 is 5.32 Å². The van der Waals surface area contributed by atoms with Crippen LogP contribution in [0.2, 0.25) is 0 Å². The lowest BCUT2D eigenvalue weighted by Crippen LogP contribution is -2.46. The molecule has 0 fully saturated rings. The molecule has 3 unspecified atom stereocenters. The number of hydrogen-bond acceptors (Lipinski definition) is 5. The first-order chi connectivity index (χ1) is 27.0. The highest BCUT2D eigenvalue weighted by atomic mass is 16.5. The second-order valence-electron chi connectivity index (χ2n) is 15.1. The predicted octanol–water partition coefficient (Wildman–Crippen LogP) is 13.1. The van der Waals surface area contributed by atoms with E-state index < -0.39 is 18.2 Å². The number of amides is 1. The van der Waals surface area contributed by atoms with E-state index in [0.717, 1.165) is 116 Å².